The van der Waals surface area contributed by atoms with Gasteiger partial charge in [-0.3, -0.25) is 9.59 Å². The molecule has 2 N–H and O–H groups in total. The van der Waals surface area contributed by atoms with Crippen molar-refractivity contribution in [3.05, 3.63) is 91.9 Å². The first kappa shape index (κ1) is 20.5. The highest BCUT2D eigenvalue weighted by Gasteiger charge is 2.14. The van der Waals surface area contributed by atoms with Crippen LogP contribution in [0.2, 0.25) is 20.1 Å². The highest BCUT2D eigenvalue weighted by molar-refractivity contribution is 6.36. The minimum atomic E-state index is -0.420. The van der Waals surface area contributed by atoms with Crippen LogP contribution in [0.4, 0.5) is 11.4 Å². The van der Waals surface area contributed by atoms with Crippen LogP contribution in [0.5, 0.6) is 0 Å². The fourth-order valence-electron chi connectivity index (χ4n) is 2.46. The number of halogens is 4. The standard InChI is InChI=1S/C20H12Cl4N2O2/c21-13-5-11(6-14(22)9-13)19(27)25-17-3-1-2-4-18(17)26-20(28)12-7-15(23)10-16(24)8-12/h1-10H,(H,25,27)(H,26,28). The van der Waals surface area contributed by atoms with Gasteiger partial charge in [-0.2, -0.15) is 0 Å². The molecule has 0 atom stereocenters. The SMILES string of the molecule is O=C(Nc1ccccc1NC(=O)c1cc(Cl)cc(Cl)c1)c1cc(Cl)cc(Cl)c1. The molecule has 0 saturated carbocycles. The van der Waals surface area contributed by atoms with Gasteiger partial charge < -0.3 is 10.6 Å². The van der Waals surface area contributed by atoms with Crippen molar-refractivity contribution in [2.75, 3.05) is 10.6 Å². The van der Waals surface area contributed by atoms with E-state index in [1.807, 2.05) is 0 Å². The first-order valence-electron chi connectivity index (χ1n) is 7.96. The molecule has 0 aliphatic carbocycles. The molecule has 142 valence electrons. The molecule has 0 spiro atoms. The smallest absolute Gasteiger partial charge is 0.255 e. The van der Waals surface area contributed by atoms with Crippen molar-refractivity contribution in [1.82, 2.24) is 0 Å². The number of benzene rings is 3. The van der Waals surface area contributed by atoms with Crippen LogP contribution in [0.25, 0.3) is 0 Å². The van der Waals surface area contributed by atoms with E-state index in [2.05, 4.69) is 10.6 Å². The second-order valence-electron chi connectivity index (χ2n) is 5.77. The van der Waals surface area contributed by atoms with E-state index in [1.54, 1.807) is 24.3 Å². The summed E-state index contributed by atoms with van der Waals surface area (Å²) in [6, 6.07) is 15.8. The van der Waals surface area contributed by atoms with Crippen molar-refractivity contribution in [1.29, 1.82) is 0 Å². The number of hydrogen-bond donors (Lipinski definition) is 2. The fraction of sp³-hybridized carbons (Fsp3) is 0. The number of amides is 2. The number of anilines is 2. The lowest BCUT2D eigenvalue weighted by atomic mass is 10.1. The lowest BCUT2D eigenvalue weighted by Gasteiger charge is -2.13. The van der Waals surface area contributed by atoms with E-state index in [9.17, 15) is 9.59 Å². The molecule has 28 heavy (non-hydrogen) atoms. The van der Waals surface area contributed by atoms with Gasteiger partial charge in [-0.25, -0.2) is 0 Å². The molecule has 0 heterocycles. The van der Waals surface area contributed by atoms with Crippen LogP contribution in [0.3, 0.4) is 0 Å². The maximum absolute atomic E-state index is 12.5. The van der Waals surface area contributed by atoms with Gasteiger partial charge in [-0.1, -0.05) is 58.5 Å². The maximum Gasteiger partial charge on any atom is 0.255 e. The molecule has 0 aromatic heterocycles. The van der Waals surface area contributed by atoms with Gasteiger partial charge in [0.25, 0.3) is 11.8 Å². The zero-order valence-corrected chi connectivity index (χ0v) is 17.1. The zero-order valence-electron chi connectivity index (χ0n) is 14.1. The molecule has 0 bridgehead atoms. The quantitative estimate of drug-likeness (QED) is 0.456. The van der Waals surface area contributed by atoms with Crippen LogP contribution in [-0.2, 0) is 0 Å². The number of carbonyl (C=O) groups is 2. The molecule has 0 saturated heterocycles. The summed E-state index contributed by atoms with van der Waals surface area (Å²) in [5.74, 6) is -0.839. The topological polar surface area (TPSA) is 58.2 Å². The Labute approximate surface area is 181 Å². The molecule has 3 aromatic carbocycles. The number of hydrogen-bond acceptors (Lipinski definition) is 2. The molecule has 8 heteroatoms. The van der Waals surface area contributed by atoms with Gasteiger partial charge in [0.15, 0.2) is 0 Å². The lowest BCUT2D eigenvalue weighted by Crippen LogP contribution is -2.17. The van der Waals surface area contributed by atoms with Crippen molar-refractivity contribution >= 4 is 69.6 Å². The summed E-state index contributed by atoms with van der Waals surface area (Å²) in [4.78, 5) is 25.1. The summed E-state index contributed by atoms with van der Waals surface area (Å²) in [7, 11) is 0. The van der Waals surface area contributed by atoms with Gasteiger partial charge in [0.2, 0.25) is 0 Å². The highest BCUT2D eigenvalue weighted by Crippen LogP contribution is 2.25. The molecule has 0 radical (unpaired) electrons. The first-order valence-corrected chi connectivity index (χ1v) is 9.47. The van der Waals surface area contributed by atoms with E-state index in [0.29, 0.717) is 42.6 Å². The molecule has 0 aliphatic heterocycles. The van der Waals surface area contributed by atoms with E-state index >= 15 is 0 Å². The van der Waals surface area contributed by atoms with Gasteiger partial charge in [0.05, 0.1) is 11.4 Å². The molecular formula is C20H12Cl4N2O2. The average Bonchev–Trinajstić information content (AvgIpc) is 2.61. The Morgan fingerprint density at radius 3 is 1.21 bits per heavy atom. The van der Waals surface area contributed by atoms with E-state index in [0.717, 1.165) is 0 Å². The Morgan fingerprint density at radius 1 is 0.571 bits per heavy atom. The van der Waals surface area contributed by atoms with Gasteiger partial charge in [-0.15, -0.1) is 0 Å². The Kier molecular flexibility index (Phi) is 6.47. The summed E-state index contributed by atoms with van der Waals surface area (Å²) in [6.45, 7) is 0. The van der Waals surface area contributed by atoms with E-state index in [1.165, 1.54) is 36.4 Å². The minimum absolute atomic E-state index is 0.292. The summed E-state index contributed by atoms with van der Waals surface area (Å²) >= 11 is 23.8. The number of rotatable bonds is 4. The van der Waals surface area contributed by atoms with Crippen molar-refractivity contribution in [3.8, 4) is 0 Å². The third kappa shape index (κ3) is 5.18. The normalized spacial score (nSPS) is 10.4. The Hall–Kier alpha value is -2.24. The van der Waals surface area contributed by atoms with Crippen LogP contribution in [-0.4, -0.2) is 11.8 Å². The van der Waals surface area contributed by atoms with Crippen LogP contribution < -0.4 is 10.6 Å². The fourth-order valence-corrected chi connectivity index (χ4v) is 3.51. The lowest BCUT2D eigenvalue weighted by molar-refractivity contribution is 0.101. The molecular weight excluding hydrogens is 442 g/mol. The largest absolute Gasteiger partial charge is 0.320 e. The van der Waals surface area contributed by atoms with Crippen molar-refractivity contribution in [2.24, 2.45) is 0 Å². The molecule has 4 nitrogen and oxygen atoms in total. The summed E-state index contributed by atoms with van der Waals surface area (Å²) < 4.78 is 0. The van der Waals surface area contributed by atoms with Crippen molar-refractivity contribution in [2.45, 2.75) is 0 Å². The third-order valence-corrected chi connectivity index (χ3v) is 4.55. The minimum Gasteiger partial charge on any atom is -0.320 e. The summed E-state index contributed by atoms with van der Waals surface area (Å²) in [5, 5.41) is 6.85. The van der Waals surface area contributed by atoms with Gasteiger partial charge >= 0.3 is 0 Å². The molecule has 2 amide bonds. The first-order chi connectivity index (χ1) is 13.3. The Balaban J connectivity index is 1.83. The Bertz CT molecular complexity index is 945. The summed E-state index contributed by atoms with van der Waals surface area (Å²) in [6.07, 6.45) is 0. The van der Waals surface area contributed by atoms with E-state index < -0.39 is 11.8 Å². The molecule has 3 aromatic rings. The van der Waals surface area contributed by atoms with E-state index in [4.69, 9.17) is 46.4 Å². The predicted octanol–water partition coefficient (Wildman–Crippen LogP) is 6.80. The van der Waals surface area contributed by atoms with Gasteiger partial charge in [0, 0.05) is 31.2 Å². The van der Waals surface area contributed by atoms with Crippen LogP contribution in [0.1, 0.15) is 20.7 Å². The van der Waals surface area contributed by atoms with Crippen molar-refractivity contribution < 1.29 is 9.59 Å². The number of para-hydroxylation sites is 2. The van der Waals surface area contributed by atoms with Crippen molar-refractivity contribution in [3.63, 3.8) is 0 Å². The molecule has 3 rings (SSSR count). The average molecular weight is 454 g/mol. The monoisotopic (exact) mass is 452 g/mol. The second kappa shape index (κ2) is 8.84. The van der Waals surface area contributed by atoms with Gasteiger partial charge in [-0.05, 0) is 48.5 Å². The predicted molar refractivity (Wildman–Crippen MR) is 115 cm³/mol. The molecule has 0 fully saturated rings. The van der Waals surface area contributed by atoms with Gasteiger partial charge in [0.1, 0.15) is 0 Å². The third-order valence-electron chi connectivity index (χ3n) is 3.67. The highest BCUT2D eigenvalue weighted by atomic mass is 35.5. The molecule has 0 aliphatic rings. The molecule has 0 unspecified atom stereocenters. The summed E-state index contributed by atoms with van der Waals surface area (Å²) in [5.41, 5.74) is 1.40. The van der Waals surface area contributed by atoms with E-state index in [-0.39, 0.29) is 0 Å². The Morgan fingerprint density at radius 2 is 0.893 bits per heavy atom. The maximum atomic E-state index is 12.5. The number of carbonyl (C=O) groups excluding carboxylic acids is 2. The van der Waals surface area contributed by atoms with Crippen LogP contribution in [0, 0.1) is 0 Å². The van der Waals surface area contributed by atoms with Crippen LogP contribution in [0.15, 0.2) is 60.7 Å². The van der Waals surface area contributed by atoms with Crippen LogP contribution >= 0.6 is 46.4 Å². The zero-order chi connectivity index (χ0) is 20.3. The number of nitrogens with one attached hydrogen (secondary N) is 2. The second-order valence-corrected chi connectivity index (χ2v) is 7.52.